The molecule has 0 saturated heterocycles. The van der Waals surface area contributed by atoms with Gasteiger partial charge in [0.1, 0.15) is 5.75 Å². The number of nitrogens with one attached hydrogen (secondary N) is 1. The Hall–Kier alpha value is -2.58. The molecular weight excluding hydrogens is 404 g/mol. The molecule has 2 aromatic carbocycles. The van der Waals surface area contributed by atoms with Crippen LogP contribution >= 0.6 is 23.1 Å². The van der Waals surface area contributed by atoms with Gasteiger partial charge in [-0.05, 0) is 54.8 Å². The van der Waals surface area contributed by atoms with E-state index >= 15 is 0 Å². The van der Waals surface area contributed by atoms with Crippen molar-refractivity contribution in [3.8, 4) is 5.75 Å². The molecule has 6 nitrogen and oxygen atoms in total. The summed E-state index contributed by atoms with van der Waals surface area (Å²) in [5.41, 5.74) is 4.48. The Morgan fingerprint density at radius 2 is 2.00 bits per heavy atom. The number of methoxy groups -OCH3 is 1. The number of hydrogen-bond donors (Lipinski definition) is 1. The second kappa shape index (κ2) is 9.76. The lowest BCUT2D eigenvalue weighted by atomic mass is 10.1. The zero-order chi connectivity index (χ0) is 20.8. The molecule has 0 aliphatic carbocycles. The molecule has 3 rings (SSSR count). The van der Waals surface area contributed by atoms with Gasteiger partial charge in [-0.1, -0.05) is 41.3 Å². The highest BCUT2D eigenvalue weighted by atomic mass is 32.2. The minimum Gasteiger partial charge on any atom is -0.497 e. The summed E-state index contributed by atoms with van der Waals surface area (Å²) in [6.07, 6.45) is 0. The Kier molecular flexibility index (Phi) is 7.11. The van der Waals surface area contributed by atoms with Crippen molar-refractivity contribution < 1.29 is 9.53 Å². The Morgan fingerprint density at radius 3 is 2.76 bits per heavy atom. The van der Waals surface area contributed by atoms with Crippen LogP contribution in [0.3, 0.4) is 0 Å². The average Bonchev–Trinajstić information content (AvgIpc) is 3.16. The zero-order valence-corrected chi connectivity index (χ0v) is 18.6. The van der Waals surface area contributed by atoms with Gasteiger partial charge in [-0.15, -0.1) is 10.2 Å². The maximum atomic E-state index is 12.5. The van der Waals surface area contributed by atoms with E-state index in [4.69, 9.17) is 4.74 Å². The number of hydrogen-bond acceptors (Lipinski definition) is 7. The van der Waals surface area contributed by atoms with Gasteiger partial charge >= 0.3 is 0 Å². The van der Waals surface area contributed by atoms with Crippen molar-refractivity contribution in [2.24, 2.45) is 0 Å². The maximum Gasteiger partial charge on any atom is 0.233 e. The number of aryl methyl sites for hydroxylation is 2. The second-order valence-corrected chi connectivity index (χ2v) is 8.89. The van der Waals surface area contributed by atoms with E-state index in [1.165, 1.54) is 34.2 Å². The molecule has 0 aliphatic heterocycles. The maximum absolute atomic E-state index is 12.5. The Morgan fingerprint density at radius 1 is 1.17 bits per heavy atom. The van der Waals surface area contributed by atoms with Crippen molar-refractivity contribution in [2.75, 3.05) is 25.2 Å². The third kappa shape index (κ3) is 5.95. The van der Waals surface area contributed by atoms with Gasteiger partial charge in [0.15, 0.2) is 4.34 Å². The molecule has 29 heavy (non-hydrogen) atoms. The van der Waals surface area contributed by atoms with Gasteiger partial charge in [-0.3, -0.25) is 4.79 Å². The van der Waals surface area contributed by atoms with Crippen LogP contribution in [0.1, 0.15) is 16.7 Å². The number of ether oxygens (including phenoxy) is 1. The summed E-state index contributed by atoms with van der Waals surface area (Å²) in [5.74, 6) is 1.14. The number of amides is 1. The van der Waals surface area contributed by atoms with E-state index in [-0.39, 0.29) is 5.91 Å². The summed E-state index contributed by atoms with van der Waals surface area (Å²) in [5, 5.41) is 12.3. The van der Waals surface area contributed by atoms with E-state index in [9.17, 15) is 4.79 Å². The SMILES string of the molecule is COc1cccc(CN(C)C(=O)CSc2nnc(Nc3ccc(C)c(C)c3)s2)c1. The number of rotatable bonds is 8. The van der Waals surface area contributed by atoms with Crippen LogP contribution in [0.15, 0.2) is 46.8 Å². The minimum atomic E-state index is 0.0386. The van der Waals surface area contributed by atoms with E-state index in [1.54, 1.807) is 19.1 Å². The van der Waals surface area contributed by atoms with E-state index in [1.807, 2.05) is 30.3 Å². The van der Waals surface area contributed by atoms with Gasteiger partial charge in [0.25, 0.3) is 0 Å². The number of carbonyl (C=O) groups is 1. The molecule has 1 amide bonds. The molecule has 0 saturated carbocycles. The quantitative estimate of drug-likeness (QED) is 0.527. The fourth-order valence-corrected chi connectivity index (χ4v) is 4.34. The van der Waals surface area contributed by atoms with Crippen LogP contribution in [0.4, 0.5) is 10.8 Å². The molecule has 3 aromatic rings. The van der Waals surface area contributed by atoms with E-state index in [0.717, 1.165) is 21.3 Å². The lowest BCUT2D eigenvalue weighted by molar-refractivity contribution is -0.127. The summed E-state index contributed by atoms with van der Waals surface area (Å²) >= 11 is 2.84. The largest absolute Gasteiger partial charge is 0.497 e. The van der Waals surface area contributed by atoms with Crippen molar-refractivity contribution in [3.05, 3.63) is 59.2 Å². The lowest BCUT2D eigenvalue weighted by Crippen LogP contribution is -2.27. The van der Waals surface area contributed by atoms with Gasteiger partial charge in [-0.25, -0.2) is 0 Å². The molecule has 1 heterocycles. The van der Waals surface area contributed by atoms with Crippen molar-refractivity contribution in [1.29, 1.82) is 0 Å². The first kappa shape index (κ1) is 21.1. The molecule has 0 aliphatic rings. The fraction of sp³-hybridized carbons (Fsp3) is 0.286. The van der Waals surface area contributed by atoms with Crippen molar-refractivity contribution in [2.45, 2.75) is 24.7 Å². The standard InChI is InChI=1S/C21H24N4O2S2/c1-14-8-9-17(10-15(14)2)22-20-23-24-21(29-20)28-13-19(26)25(3)12-16-6-5-7-18(11-16)27-4/h5-11H,12-13H2,1-4H3,(H,22,23). The number of anilines is 2. The number of aromatic nitrogens is 2. The molecular formula is C21H24N4O2S2. The van der Waals surface area contributed by atoms with Crippen LogP contribution in [0.2, 0.25) is 0 Å². The Bertz CT molecular complexity index is 990. The van der Waals surface area contributed by atoms with Crippen molar-refractivity contribution >= 4 is 39.8 Å². The second-order valence-electron chi connectivity index (χ2n) is 6.69. The normalized spacial score (nSPS) is 10.6. The molecule has 1 N–H and O–H groups in total. The zero-order valence-electron chi connectivity index (χ0n) is 16.9. The first-order chi connectivity index (χ1) is 13.9. The molecule has 0 radical (unpaired) electrons. The Balaban J connectivity index is 1.51. The molecule has 0 unspecified atom stereocenters. The molecule has 1 aromatic heterocycles. The van der Waals surface area contributed by atoms with Gasteiger partial charge < -0.3 is 15.0 Å². The van der Waals surface area contributed by atoms with Crippen LogP contribution in [0.5, 0.6) is 5.75 Å². The molecule has 0 bridgehead atoms. The molecule has 0 atom stereocenters. The average molecular weight is 429 g/mol. The lowest BCUT2D eigenvalue weighted by Gasteiger charge is -2.17. The van der Waals surface area contributed by atoms with E-state index in [0.29, 0.717) is 17.4 Å². The summed E-state index contributed by atoms with van der Waals surface area (Å²) in [7, 11) is 3.44. The van der Waals surface area contributed by atoms with Crippen LogP contribution in [0, 0.1) is 13.8 Å². The topological polar surface area (TPSA) is 67.3 Å². The van der Waals surface area contributed by atoms with Crippen molar-refractivity contribution in [1.82, 2.24) is 15.1 Å². The minimum absolute atomic E-state index is 0.0386. The van der Waals surface area contributed by atoms with E-state index in [2.05, 4.69) is 41.5 Å². The number of carbonyl (C=O) groups excluding carboxylic acids is 1. The fourth-order valence-electron chi connectivity index (χ4n) is 2.63. The van der Waals surface area contributed by atoms with Gasteiger partial charge in [0, 0.05) is 19.3 Å². The summed E-state index contributed by atoms with van der Waals surface area (Å²) in [6.45, 7) is 4.70. The van der Waals surface area contributed by atoms with Gasteiger partial charge in [-0.2, -0.15) is 0 Å². The monoisotopic (exact) mass is 428 g/mol. The summed E-state index contributed by atoms with van der Waals surface area (Å²) < 4.78 is 6.00. The van der Waals surface area contributed by atoms with Crippen molar-refractivity contribution in [3.63, 3.8) is 0 Å². The third-order valence-corrected chi connectivity index (χ3v) is 6.42. The predicted octanol–water partition coefficient (Wildman–Crippen LogP) is 4.66. The highest BCUT2D eigenvalue weighted by molar-refractivity contribution is 8.01. The van der Waals surface area contributed by atoms with Crippen LogP contribution in [0.25, 0.3) is 0 Å². The number of benzene rings is 2. The van der Waals surface area contributed by atoms with Gasteiger partial charge in [0.05, 0.1) is 12.9 Å². The third-order valence-electron chi connectivity index (χ3n) is 4.46. The first-order valence-corrected chi connectivity index (χ1v) is 10.9. The Labute approximate surface area is 179 Å². The molecule has 0 spiro atoms. The summed E-state index contributed by atoms with van der Waals surface area (Å²) in [4.78, 5) is 14.2. The number of nitrogens with zero attached hydrogens (tertiary/aromatic N) is 3. The van der Waals surface area contributed by atoms with Crippen LogP contribution in [-0.2, 0) is 11.3 Å². The van der Waals surface area contributed by atoms with Crippen LogP contribution < -0.4 is 10.1 Å². The summed E-state index contributed by atoms with van der Waals surface area (Å²) in [6, 6.07) is 13.9. The van der Waals surface area contributed by atoms with Gasteiger partial charge in [0.2, 0.25) is 11.0 Å². The molecule has 152 valence electrons. The molecule has 0 fully saturated rings. The highest BCUT2D eigenvalue weighted by Crippen LogP contribution is 2.28. The predicted molar refractivity (Wildman–Crippen MR) is 119 cm³/mol. The van der Waals surface area contributed by atoms with E-state index < -0.39 is 0 Å². The van der Waals surface area contributed by atoms with Crippen LogP contribution in [-0.4, -0.2) is 40.9 Å². The first-order valence-electron chi connectivity index (χ1n) is 9.12. The highest BCUT2D eigenvalue weighted by Gasteiger charge is 2.13. The number of thioether (sulfide) groups is 1. The molecule has 8 heteroatoms. The smallest absolute Gasteiger partial charge is 0.233 e.